The van der Waals surface area contributed by atoms with E-state index in [1.165, 1.54) is 19.1 Å². The molecule has 0 unspecified atom stereocenters. The van der Waals surface area contributed by atoms with E-state index in [0.717, 1.165) is 0 Å². The summed E-state index contributed by atoms with van der Waals surface area (Å²) >= 11 is 0. The van der Waals surface area contributed by atoms with Crippen LogP contribution in [0, 0.1) is 0 Å². The summed E-state index contributed by atoms with van der Waals surface area (Å²) in [6, 6.07) is 7.79. The molecule has 0 amide bonds. The summed E-state index contributed by atoms with van der Waals surface area (Å²) in [6.07, 6.45) is 0. The van der Waals surface area contributed by atoms with E-state index >= 15 is 0 Å². The van der Waals surface area contributed by atoms with Crippen molar-refractivity contribution < 1.29 is 13.9 Å². The molecule has 0 fully saturated rings. The number of methoxy groups -OCH3 is 1. The summed E-state index contributed by atoms with van der Waals surface area (Å²) in [5.74, 6) is 0.708. The lowest BCUT2D eigenvalue weighted by molar-refractivity contribution is 0.101. The van der Waals surface area contributed by atoms with Crippen molar-refractivity contribution in [1.29, 1.82) is 0 Å². The lowest BCUT2D eigenvalue weighted by Crippen LogP contribution is -2.08. The van der Waals surface area contributed by atoms with Crippen LogP contribution in [0.3, 0.4) is 0 Å². The van der Waals surface area contributed by atoms with E-state index in [-0.39, 0.29) is 16.8 Å². The molecule has 5 heteroatoms. The van der Waals surface area contributed by atoms with Crippen molar-refractivity contribution in [1.82, 2.24) is 4.98 Å². The van der Waals surface area contributed by atoms with Gasteiger partial charge in [-0.25, -0.2) is 4.98 Å². The Morgan fingerprint density at radius 2 is 2.05 bits per heavy atom. The first-order valence-electron chi connectivity index (χ1n) is 6.02. The number of ketones is 1. The van der Waals surface area contributed by atoms with Crippen molar-refractivity contribution >= 4 is 16.9 Å². The molecule has 0 N–H and O–H groups in total. The van der Waals surface area contributed by atoms with E-state index in [4.69, 9.17) is 9.15 Å². The molecule has 20 heavy (non-hydrogen) atoms. The predicted molar refractivity (Wildman–Crippen MR) is 73.5 cm³/mol. The molecule has 5 nitrogen and oxygen atoms in total. The Labute approximate surface area is 114 Å². The van der Waals surface area contributed by atoms with Crippen LogP contribution in [0.1, 0.15) is 17.3 Å². The monoisotopic (exact) mass is 269 g/mol. The second kappa shape index (κ2) is 4.45. The average molecular weight is 269 g/mol. The smallest absolute Gasteiger partial charge is 0.183 e. The van der Waals surface area contributed by atoms with Gasteiger partial charge in [-0.15, -0.1) is 0 Å². The predicted octanol–water partition coefficient (Wildman–Crippen LogP) is 2.50. The molecule has 1 aliphatic carbocycles. The van der Waals surface area contributed by atoms with Crippen LogP contribution in [-0.4, -0.2) is 17.9 Å². The van der Waals surface area contributed by atoms with E-state index in [9.17, 15) is 9.59 Å². The molecule has 1 aromatic rings. The highest BCUT2D eigenvalue weighted by atomic mass is 16.5. The Morgan fingerprint density at radius 3 is 2.75 bits per heavy atom. The maximum atomic E-state index is 11.6. The largest absolute Gasteiger partial charge is 0.497 e. The zero-order valence-electron chi connectivity index (χ0n) is 11.0. The molecule has 0 bridgehead atoms. The second-order valence-corrected chi connectivity index (χ2v) is 4.42. The molecular weight excluding hydrogens is 258 g/mol. The fraction of sp³-hybridized carbons (Fsp3) is 0.133. The normalized spacial score (nSPS) is 10.9. The molecule has 0 aromatic heterocycles. The topological polar surface area (TPSA) is 69.4 Å². The summed E-state index contributed by atoms with van der Waals surface area (Å²) in [4.78, 5) is 27.6. The van der Waals surface area contributed by atoms with Gasteiger partial charge in [-0.05, 0) is 25.1 Å². The van der Waals surface area contributed by atoms with Crippen molar-refractivity contribution in [2.45, 2.75) is 6.92 Å². The van der Waals surface area contributed by atoms with Crippen molar-refractivity contribution in [3.63, 3.8) is 0 Å². The maximum Gasteiger partial charge on any atom is 0.183 e. The number of ether oxygens (including phenoxy) is 1. The Hall–Kier alpha value is -2.69. The highest BCUT2D eigenvalue weighted by molar-refractivity contribution is 6.00. The molecule has 0 spiro atoms. The first-order valence-corrected chi connectivity index (χ1v) is 6.02. The molecule has 1 aromatic carbocycles. The fourth-order valence-electron chi connectivity index (χ4n) is 2.08. The van der Waals surface area contributed by atoms with E-state index < -0.39 is 0 Å². The summed E-state index contributed by atoms with van der Waals surface area (Å²) in [5.41, 5.74) is 1.48. The standard InChI is InChI=1S/C15H11NO4/c1-8(17)11-5-9(18)6-14-15(11)16-12-4-3-10(19-2)7-13(12)20-14/h3-7H,1-2H3. The number of rotatable bonds is 2. The van der Waals surface area contributed by atoms with Crippen LogP contribution in [0.2, 0.25) is 0 Å². The third-order valence-corrected chi connectivity index (χ3v) is 3.05. The zero-order chi connectivity index (χ0) is 14.3. The van der Waals surface area contributed by atoms with Crippen LogP contribution < -0.4 is 10.2 Å². The highest BCUT2D eigenvalue weighted by Crippen LogP contribution is 2.28. The summed E-state index contributed by atoms with van der Waals surface area (Å²) in [6.45, 7) is 1.40. The zero-order valence-corrected chi connectivity index (χ0v) is 11.0. The quantitative estimate of drug-likeness (QED) is 0.528. The van der Waals surface area contributed by atoms with Gasteiger partial charge in [-0.2, -0.15) is 0 Å². The van der Waals surface area contributed by atoms with Gasteiger partial charge < -0.3 is 9.15 Å². The Kier molecular flexibility index (Phi) is 2.75. The highest BCUT2D eigenvalue weighted by Gasteiger charge is 2.18. The number of nitrogens with zero attached hydrogens (tertiary/aromatic N) is 1. The van der Waals surface area contributed by atoms with E-state index in [1.54, 1.807) is 25.3 Å². The van der Waals surface area contributed by atoms with Crippen molar-refractivity contribution in [2.75, 3.05) is 7.11 Å². The average Bonchev–Trinajstić information content (AvgIpc) is 2.43. The minimum Gasteiger partial charge on any atom is -0.497 e. The number of carbonyl (C=O) groups is 1. The Balaban J connectivity index is 2.40. The number of Topliss-reactive ketones (excluding diaryl/α,β-unsaturated/α-hetero) is 1. The van der Waals surface area contributed by atoms with Crippen LogP contribution in [-0.2, 0) is 0 Å². The molecule has 0 saturated heterocycles. The number of hydrogen-bond acceptors (Lipinski definition) is 5. The summed E-state index contributed by atoms with van der Waals surface area (Å²) < 4.78 is 10.8. The fourth-order valence-corrected chi connectivity index (χ4v) is 2.08. The number of hydrogen-bond donors (Lipinski definition) is 0. The third-order valence-electron chi connectivity index (χ3n) is 3.05. The lowest BCUT2D eigenvalue weighted by Gasteiger charge is -2.09. The minimum absolute atomic E-state index is 0.219. The van der Waals surface area contributed by atoms with Gasteiger partial charge in [-0.3, -0.25) is 9.59 Å². The Morgan fingerprint density at radius 1 is 1.25 bits per heavy atom. The molecule has 3 rings (SSSR count). The number of fused-ring (bicyclic) bond motifs is 2. The first-order chi connectivity index (χ1) is 9.58. The molecule has 0 saturated carbocycles. The molecular formula is C15H11NO4. The minimum atomic E-state index is -0.282. The van der Waals surface area contributed by atoms with Gasteiger partial charge in [0.25, 0.3) is 0 Å². The molecule has 1 aliphatic heterocycles. The molecule has 1 heterocycles. The van der Waals surface area contributed by atoms with Crippen molar-refractivity contribution in [3.05, 3.63) is 46.1 Å². The molecule has 100 valence electrons. The van der Waals surface area contributed by atoms with Gasteiger partial charge >= 0.3 is 0 Å². The SMILES string of the molecule is COc1ccc2nc3c(C(C)=O)cc(=O)cc-3oc2c1. The molecule has 0 atom stereocenters. The lowest BCUT2D eigenvalue weighted by atomic mass is 10.1. The van der Waals surface area contributed by atoms with E-state index in [0.29, 0.717) is 28.3 Å². The maximum absolute atomic E-state index is 11.6. The van der Waals surface area contributed by atoms with Crippen LogP contribution in [0.4, 0.5) is 0 Å². The van der Waals surface area contributed by atoms with E-state index in [1.807, 2.05) is 0 Å². The van der Waals surface area contributed by atoms with Crippen LogP contribution >= 0.6 is 0 Å². The molecule has 0 radical (unpaired) electrons. The third kappa shape index (κ3) is 1.93. The summed E-state index contributed by atoms with van der Waals surface area (Å²) in [7, 11) is 1.55. The number of benzene rings is 2. The van der Waals surface area contributed by atoms with E-state index in [2.05, 4.69) is 4.98 Å². The Bertz CT molecular complexity index is 850. The van der Waals surface area contributed by atoms with Crippen LogP contribution in [0.5, 0.6) is 5.75 Å². The van der Waals surface area contributed by atoms with Gasteiger partial charge in [0.2, 0.25) is 0 Å². The summed E-state index contributed by atoms with van der Waals surface area (Å²) in [5, 5.41) is 0. The van der Waals surface area contributed by atoms with Crippen LogP contribution in [0.15, 0.2) is 39.5 Å². The second-order valence-electron chi connectivity index (χ2n) is 4.42. The van der Waals surface area contributed by atoms with Gasteiger partial charge in [0, 0.05) is 12.1 Å². The number of carbonyl (C=O) groups excluding carboxylic acids is 1. The van der Waals surface area contributed by atoms with Crippen molar-refractivity contribution in [3.8, 4) is 17.2 Å². The van der Waals surface area contributed by atoms with Gasteiger partial charge in [0.15, 0.2) is 22.6 Å². The van der Waals surface area contributed by atoms with Crippen molar-refractivity contribution in [2.24, 2.45) is 0 Å². The van der Waals surface area contributed by atoms with Gasteiger partial charge in [0.1, 0.15) is 17.0 Å². The van der Waals surface area contributed by atoms with Gasteiger partial charge in [0.05, 0.1) is 12.7 Å². The van der Waals surface area contributed by atoms with Crippen LogP contribution in [0.25, 0.3) is 22.6 Å². The van der Waals surface area contributed by atoms with Gasteiger partial charge in [-0.1, -0.05) is 0 Å². The first kappa shape index (κ1) is 12.3. The molecule has 2 aliphatic rings. The number of aromatic nitrogens is 1.